The summed E-state index contributed by atoms with van der Waals surface area (Å²) in [5, 5.41) is 5.52. The number of hydrogen-bond acceptors (Lipinski definition) is 6. The number of nitrogens with one attached hydrogen (secondary N) is 1. The molecule has 0 radical (unpaired) electrons. The number of thiazole rings is 1. The minimum Gasteiger partial charge on any atom is -0.495 e. The first kappa shape index (κ1) is 16.7. The van der Waals surface area contributed by atoms with Gasteiger partial charge in [0.2, 0.25) is 0 Å². The quantitative estimate of drug-likeness (QED) is 0.835. The topological polar surface area (TPSA) is 80.5 Å². The van der Waals surface area contributed by atoms with Crippen LogP contribution in [-0.2, 0) is 6.54 Å². The molecule has 1 aromatic heterocycles. The molecule has 1 amide bonds. The van der Waals surface area contributed by atoms with Crippen molar-refractivity contribution in [2.45, 2.75) is 13.0 Å². The summed E-state index contributed by atoms with van der Waals surface area (Å²) in [5.74, 6) is 1.19. The summed E-state index contributed by atoms with van der Waals surface area (Å²) < 4.78 is 5.43. The molecule has 1 aliphatic heterocycles. The van der Waals surface area contributed by atoms with Crippen molar-refractivity contribution >= 4 is 22.9 Å². The summed E-state index contributed by atoms with van der Waals surface area (Å²) in [7, 11) is 1.69. The SMILES string of the molecule is COc1ccccc1N1CC[C@@H](CNC(=O)c2csc(CN)n2)C1. The van der Waals surface area contributed by atoms with Crippen LogP contribution in [0.2, 0.25) is 0 Å². The maximum absolute atomic E-state index is 12.1. The first-order valence-corrected chi connectivity index (χ1v) is 8.90. The molecular weight excluding hydrogens is 324 g/mol. The summed E-state index contributed by atoms with van der Waals surface area (Å²) in [6, 6.07) is 8.04. The smallest absolute Gasteiger partial charge is 0.270 e. The zero-order valence-corrected chi connectivity index (χ0v) is 14.5. The van der Waals surface area contributed by atoms with Gasteiger partial charge in [-0.2, -0.15) is 0 Å². The fraction of sp³-hybridized carbons (Fsp3) is 0.412. The molecule has 0 unspecified atom stereocenters. The zero-order valence-electron chi connectivity index (χ0n) is 13.7. The minimum atomic E-state index is -0.123. The highest BCUT2D eigenvalue weighted by Gasteiger charge is 2.25. The van der Waals surface area contributed by atoms with Crippen LogP contribution in [0, 0.1) is 5.92 Å². The van der Waals surface area contributed by atoms with E-state index < -0.39 is 0 Å². The van der Waals surface area contributed by atoms with Gasteiger partial charge < -0.3 is 20.7 Å². The Morgan fingerprint density at radius 2 is 2.33 bits per heavy atom. The number of methoxy groups -OCH3 is 1. The molecule has 3 rings (SSSR count). The van der Waals surface area contributed by atoms with Gasteiger partial charge in [0.25, 0.3) is 5.91 Å². The standard InChI is InChI=1S/C17H22N4O2S/c1-23-15-5-3-2-4-14(15)21-7-6-12(10-21)9-19-17(22)13-11-24-16(8-18)20-13/h2-5,11-12H,6-10,18H2,1H3,(H,19,22)/t12-/m0/s1. The van der Waals surface area contributed by atoms with E-state index in [1.807, 2.05) is 18.2 Å². The third kappa shape index (κ3) is 3.68. The van der Waals surface area contributed by atoms with Gasteiger partial charge in [0, 0.05) is 31.6 Å². The molecule has 3 N–H and O–H groups in total. The predicted molar refractivity (Wildman–Crippen MR) is 95.7 cm³/mol. The summed E-state index contributed by atoms with van der Waals surface area (Å²) >= 11 is 1.42. The van der Waals surface area contributed by atoms with Crippen LogP contribution in [0.3, 0.4) is 0 Å². The van der Waals surface area contributed by atoms with Crippen LogP contribution in [0.1, 0.15) is 21.9 Å². The number of rotatable bonds is 6. The fourth-order valence-corrected chi connectivity index (χ4v) is 3.60. The highest BCUT2D eigenvalue weighted by molar-refractivity contribution is 7.09. The lowest BCUT2D eigenvalue weighted by Crippen LogP contribution is -2.31. The number of para-hydroxylation sites is 2. The molecule has 24 heavy (non-hydrogen) atoms. The summed E-state index contributed by atoms with van der Waals surface area (Å²) in [5.41, 5.74) is 7.10. The van der Waals surface area contributed by atoms with E-state index in [1.165, 1.54) is 11.3 Å². The molecule has 0 saturated carbocycles. The number of amides is 1. The van der Waals surface area contributed by atoms with E-state index in [-0.39, 0.29) is 5.91 Å². The van der Waals surface area contributed by atoms with Gasteiger partial charge >= 0.3 is 0 Å². The fourth-order valence-electron chi connectivity index (χ4n) is 2.95. The van der Waals surface area contributed by atoms with E-state index in [0.717, 1.165) is 36.0 Å². The number of aromatic nitrogens is 1. The molecule has 1 fully saturated rings. The molecule has 1 saturated heterocycles. The van der Waals surface area contributed by atoms with Gasteiger partial charge in [0.15, 0.2) is 0 Å². The Labute approximate surface area is 145 Å². The molecule has 2 heterocycles. The second-order valence-electron chi connectivity index (χ2n) is 5.81. The average Bonchev–Trinajstić information content (AvgIpc) is 3.29. The molecule has 0 aliphatic carbocycles. The maximum atomic E-state index is 12.1. The van der Waals surface area contributed by atoms with Crippen LogP contribution in [0.4, 0.5) is 5.69 Å². The lowest BCUT2D eigenvalue weighted by atomic mass is 10.1. The lowest BCUT2D eigenvalue weighted by Gasteiger charge is -2.21. The predicted octanol–water partition coefficient (Wildman–Crippen LogP) is 1.87. The van der Waals surface area contributed by atoms with Gasteiger partial charge in [-0.3, -0.25) is 4.79 Å². The first-order valence-electron chi connectivity index (χ1n) is 8.02. The van der Waals surface area contributed by atoms with Crippen molar-refractivity contribution in [2.24, 2.45) is 11.7 Å². The number of ether oxygens (including phenoxy) is 1. The van der Waals surface area contributed by atoms with E-state index in [4.69, 9.17) is 10.5 Å². The Bertz CT molecular complexity index is 703. The molecule has 0 spiro atoms. The van der Waals surface area contributed by atoms with E-state index in [2.05, 4.69) is 21.3 Å². The van der Waals surface area contributed by atoms with Gasteiger partial charge in [-0.15, -0.1) is 11.3 Å². The van der Waals surface area contributed by atoms with E-state index in [9.17, 15) is 4.79 Å². The van der Waals surface area contributed by atoms with Crippen LogP contribution in [0.25, 0.3) is 0 Å². The van der Waals surface area contributed by atoms with Crippen molar-refractivity contribution in [1.29, 1.82) is 0 Å². The van der Waals surface area contributed by atoms with E-state index >= 15 is 0 Å². The van der Waals surface area contributed by atoms with Crippen LogP contribution in [0.15, 0.2) is 29.6 Å². The molecule has 1 atom stereocenters. The second-order valence-corrected chi connectivity index (χ2v) is 6.76. The van der Waals surface area contributed by atoms with Crippen LogP contribution >= 0.6 is 11.3 Å². The molecular formula is C17H22N4O2S. The third-order valence-electron chi connectivity index (χ3n) is 4.22. The van der Waals surface area contributed by atoms with Crippen molar-refractivity contribution in [3.8, 4) is 5.75 Å². The molecule has 1 aliphatic rings. The van der Waals surface area contributed by atoms with Crippen LogP contribution < -0.4 is 20.7 Å². The number of carbonyl (C=O) groups is 1. The molecule has 6 nitrogen and oxygen atoms in total. The first-order chi connectivity index (χ1) is 11.7. The highest BCUT2D eigenvalue weighted by atomic mass is 32.1. The molecule has 1 aromatic carbocycles. The van der Waals surface area contributed by atoms with Crippen molar-refractivity contribution in [2.75, 3.05) is 31.6 Å². The Kier molecular flexibility index (Phi) is 5.32. The Morgan fingerprint density at radius 1 is 1.50 bits per heavy atom. The summed E-state index contributed by atoms with van der Waals surface area (Å²) in [6.45, 7) is 2.90. The number of benzene rings is 1. The number of anilines is 1. The Morgan fingerprint density at radius 3 is 3.08 bits per heavy atom. The van der Waals surface area contributed by atoms with Crippen molar-refractivity contribution in [3.05, 3.63) is 40.3 Å². The Hall–Kier alpha value is -2.12. The van der Waals surface area contributed by atoms with Gasteiger partial charge in [0.05, 0.1) is 12.8 Å². The average molecular weight is 346 g/mol. The molecule has 0 bridgehead atoms. The second kappa shape index (κ2) is 7.63. The third-order valence-corrected chi connectivity index (χ3v) is 5.09. The van der Waals surface area contributed by atoms with Crippen LogP contribution in [0.5, 0.6) is 5.75 Å². The number of nitrogens with two attached hydrogens (primary N) is 1. The number of nitrogens with zero attached hydrogens (tertiary/aromatic N) is 2. The van der Waals surface area contributed by atoms with Crippen molar-refractivity contribution < 1.29 is 9.53 Å². The summed E-state index contributed by atoms with van der Waals surface area (Å²) in [4.78, 5) is 18.7. The van der Waals surface area contributed by atoms with Crippen LogP contribution in [-0.4, -0.2) is 37.6 Å². The van der Waals surface area contributed by atoms with E-state index in [1.54, 1.807) is 12.5 Å². The molecule has 128 valence electrons. The van der Waals surface area contributed by atoms with Crippen molar-refractivity contribution in [1.82, 2.24) is 10.3 Å². The monoisotopic (exact) mass is 346 g/mol. The van der Waals surface area contributed by atoms with Gasteiger partial charge in [-0.1, -0.05) is 12.1 Å². The van der Waals surface area contributed by atoms with Gasteiger partial charge in [-0.25, -0.2) is 4.98 Å². The number of carbonyl (C=O) groups excluding carboxylic acids is 1. The summed E-state index contributed by atoms with van der Waals surface area (Å²) in [6.07, 6.45) is 1.05. The van der Waals surface area contributed by atoms with Gasteiger partial charge in [0.1, 0.15) is 16.5 Å². The maximum Gasteiger partial charge on any atom is 0.270 e. The molecule has 7 heteroatoms. The highest BCUT2D eigenvalue weighted by Crippen LogP contribution is 2.31. The normalized spacial score (nSPS) is 17.1. The Balaban J connectivity index is 1.54. The number of hydrogen-bond donors (Lipinski definition) is 2. The minimum absolute atomic E-state index is 0.123. The largest absolute Gasteiger partial charge is 0.495 e. The van der Waals surface area contributed by atoms with Crippen molar-refractivity contribution in [3.63, 3.8) is 0 Å². The zero-order chi connectivity index (χ0) is 16.9. The van der Waals surface area contributed by atoms with E-state index in [0.29, 0.717) is 24.7 Å². The molecule has 2 aromatic rings. The lowest BCUT2D eigenvalue weighted by molar-refractivity contribution is 0.0944. The van der Waals surface area contributed by atoms with Gasteiger partial charge in [-0.05, 0) is 24.5 Å².